The van der Waals surface area contributed by atoms with E-state index in [0.29, 0.717) is 5.56 Å². The van der Waals surface area contributed by atoms with Crippen LogP contribution in [0.5, 0.6) is 0 Å². The van der Waals surface area contributed by atoms with E-state index in [1.165, 1.54) is 11.3 Å². The zero-order valence-corrected chi connectivity index (χ0v) is 10.3. The van der Waals surface area contributed by atoms with Gasteiger partial charge in [-0.3, -0.25) is 4.79 Å². The molecule has 84 valence electrons. The van der Waals surface area contributed by atoms with E-state index < -0.39 is 0 Å². The topological polar surface area (TPSA) is 46.9 Å². The molecule has 0 bridgehead atoms. The lowest BCUT2D eigenvalue weighted by Crippen LogP contribution is -2.20. The molecule has 0 unspecified atom stereocenters. The van der Waals surface area contributed by atoms with Crippen LogP contribution in [0.25, 0.3) is 11.3 Å². The fraction of sp³-hybridized carbons (Fsp3) is 0.273. The predicted molar refractivity (Wildman–Crippen MR) is 67.1 cm³/mol. The number of rotatable bonds is 2. The summed E-state index contributed by atoms with van der Waals surface area (Å²) in [5, 5.41) is 5.67. The highest BCUT2D eigenvalue weighted by atomic mass is 32.1. The zero-order chi connectivity index (χ0) is 11.7. The van der Waals surface area contributed by atoms with E-state index >= 15 is 0 Å². The van der Waals surface area contributed by atoms with Crippen LogP contribution in [0.3, 0.4) is 0 Å². The molecule has 2 rings (SSSR count). The van der Waals surface area contributed by atoms with Gasteiger partial charge in [0.15, 0.2) is 5.13 Å². The Morgan fingerprint density at radius 1 is 1.44 bits per heavy atom. The molecular formula is C11H13N3OS. The lowest BCUT2D eigenvalue weighted by Gasteiger charge is -2.04. The third-order valence-corrected chi connectivity index (χ3v) is 3.41. The summed E-state index contributed by atoms with van der Waals surface area (Å²) in [4.78, 5) is 16.3. The Kier molecular flexibility index (Phi) is 2.78. The number of pyridine rings is 1. The third kappa shape index (κ3) is 1.74. The van der Waals surface area contributed by atoms with E-state index in [0.717, 1.165) is 16.5 Å². The van der Waals surface area contributed by atoms with E-state index in [-0.39, 0.29) is 5.56 Å². The van der Waals surface area contributed by atoms with Gasteiger partial charge in [0, 0.05) is 25.2 Å². The molecule has 0 fully saturated rings. The van der Waals surface area contributed by atoms with Crippen molar-refractivity contribution < 1.29 is 0 Å². The van der Waals surface area contributed by atoms with Crippen molar-refractivity contribution in [2.24, 2.45) is 7.05 Å². The first-order valence-electron chi connectivity index (χ1n) is 4.93. The Labute approximate surface area is 97.6 Å². The zero-order valence-electron chi connectivity index (χ0n) is 9.44. The Hall–Kier alpha value is -1.62. The van der Waals surface area contributed by atoms with Gasteiger partial charge >= 0.3 is 0 Å². The second-order valence-corrected chi connectivity index (χ2v) is 4.40. The second-order valence-electron chi connectivity index (χ2n) is 3.54. The molecule has 16 heavy (non-hydrogen) atoms. The molecule has 1 N–H and O–H groups in total. The van der Waals surface area contributed by atoms with Gasteiger partial charge in [0.25, 0.3) is 5.56 Å². The maximum atomic E-state index is 12.0. The molecule has 0 aliphatic rings. The van der Waals surface area contributed by atoms with Gasteiger partial charge in [0.05, 0.1) is 11.3 Å². The van der Waals surface area contributed by atoms with Crippen LogP contribution >= 0.6 is 11.3 Å². The minimum Gasteiger partial charge on any atom is -0.365 e. The van der Waals surface area contributed by atoms with Crippen molar-refractivity contribution in [1.82, 2.24) is 9.55 Å². The van der Waals surface area contributed by atoms with Gasteiger partial charge in [0.1, 0.15) is 0 Å². The molecule has 2 aromatic heterocycles. The SMILES string of the molecule is CNc1nc(-c2ccc(C)n(C)c2=O)cs1. The van der Waals surface area contributed by atoms with E-state index in [1.54, 1.807) is 11.6 Å². The molecule has 0 atom stereocenters. The average molecular weight is 235 g/mol. The molecule has 0 spiro atoms. The summed E-state index contributed by atoms with van der Waals surface area (Å²) in [6.07, 6.45) is 0. The quantitative estimate of drug-likeness (QED) is 0.864. The molecule has 5 heteroatoms. The van der Waals surface area contributed by atoms with Crippen LogP contribution in [0.2, 0.25) is 0 Å². The summed E-state index contributed by atoms with van der Waals surface area (Å²) in [7, 11) is 3.59. The lowest BCUT2D eigenvalue weighted by atomic mass is 10.2. The molecule has 0 aromatic carbocycles. The molecular weight excluding hydrogens is 222 g/mol. The van der Waals surface area contributed by atoms with Crippen molar-refractivity contribution in [2.45, 2.75) is 6.92 Å². The number of thiazole rings is 1. The highest BCUT2D eigenvalue weighted by Crippen LogP contribution is 2.22. The van der Waals surface area contributed by atoms with E-state index in [2.05, 4.69) is 10.3 Å². The van der Waals surface area contributed by atoms with Gasteiger partial charge in [-0.2, -0.15) is 0 Å². The number of nitrogens with zero attached hydrogens (tertiary/aromatic N) is 2. The van der Waals surface area contributed by atoms with Crippen LogP contribution in [0.1, 0.15) is 5.69 Å². The third-order valence-electron chi connectivity index (χ3n) is 2.55. The van der Waals surface area contributed by atoms with E-state index in [1.807, 2.05) is 31.5 Å². The van der Waals surface area contributed by atoms with Crippen molar-refractivity contribution in [2.75, 3.05) is 12.4 Å². The van der Waals surface area contributed by atoms with Crippen LogP contribution in [0, 0.1) is 6.92 Å². The number of nitrogens with one attached hydrogen (secondary N) is 1. The fourth-order valence-corrected chi connectivity index (χ4v) is 2.11. The maximum absolute atomic E-state index is 12.0. The Morgan fingerprint density at radius 2 is 2.19 bits per heavy atom. The Bertz CT molecular complexity index is 571. The molecule has 0 aliphatic carbocycles. The molecule has 0 saturated carbocycles. The van der Waals surface area contributed by atoms with Gasteiger partial charge in [-0.15, -0.1) is 11.3 Å². The van der Waals surface area contributed by atoms with Crippen LogP contribution < -0.4 is 10.9 Å². The van der Waals surface area contributed by atoms with E-state index in [4.69, 9.17) is 0 Å². The number of aromatic nitrogens is 2. The van der Waals surface area contributed by atoms with Crippen molar-refractivity contribution >= 4 is 16.5 Å². The molecule has 0 radical (unpaired) electrons. The summed E-state index contributed by atoms with van der Waals surface area (Å²) in [6.45, 7) is 1.91. The molecule has 4 nitrogen and oxygen atoms in total. The number of anilines is 1. The number of hydrogen-bond acceptors (Lipinski definition) is 4. The van der Waals surface area contributed by atoms with Gasteiger partial charge in [0.2, 0.25) is 0 Å². The van der Waals surface area contributed by atoms with Gasteiger partial charge < -0.3 is 9.88 Å². The van der Waals surface area contributed by atoms with Gasteiger partial charge in [-0.05, 0) is 19.1 Å². The second kappa shape index (κ2) is 4.09. The largest absolute Gasteiger partial charge is 0.365 e. The summed E-state index contributed by atoms with van der Waals surface area (Å²) in [5.74, 6) is 0. The van der Waals surface area contributed by atoms with Crippen molar-refractivity contribution in [1.29, 1.82) is 0 Å². The normalized spacial score (nSPS) is 10.4. The van der Waals surface area contributed by atoms with Gasteiger partial charge in [-0.1, -0.05) is 0 Å². The monoisotopic (exact) mass is 235 g/mol. The average Bonchev–Trinajstić information content (AvgIpc) is 2.74. The van der Waals surface area contributed by atoms with Crippen LogP contribution in [-0.2, 0) is 7.05 Å². The number of aryl methyl sites for hydroxylation is 1. The van der Waals surface area contributed by atoms with Crippen LogP contribution in [0.15, 0.2) is 22.3 Å². The molecule has 0 saturated heterocycles. The molecule has 2 heterocycles. The first-order chi connectivity index (χ1) is 7.63. The fourth-order valence-electron chi connectivity index (χ4n) is 1.44. The summed E-state index contributed by atoms with van der Waals surface area (Å²) >= 11 is 1.49. The maximum Gasteiger partial charge on any atom is 0.259 e. The highest BCUT2D eigenvalue weighted by Gasteiger charge is 2.09. The summed E-state index contributed by atoms with van der Waals surface area (Å²) in [6, 6.07) is 3.75. The smallest absolute Gasteiger partial charge is 0.259 e. The minimum absolute atomic E-state index is 0.00652. The Morgan fingerprint density at radius 3 is 2.81 bits per heavy atom. The highest BCUT2D eigenvalue weighted by molar-refractivity contribution is 7.14. The van der Waals surface area contributed by atoms with Crippen LogP contribution in [-0.4, -0.2) is 16.6 Å². The van der Waals surface area contributed by atoms with E-state index in [9.17, 15) is 4.79 Å². The first kappa shape index (κ1) is 10.9. The van der Waals surface area contributed by atoms with Crippen molar-refractivity contribution in [3.8, 4) is 11.3 Å². The predicted octanol–water partition coefficient (Wildman–Crippen LogP) is 1.86. The summed E-state index contributed by atoms with van der Waals surface area (Å²) in [5.41, 5.74) is 2.31. The Balaban J connectivity index is 2.56. The lowest BCUT2D eigenvalue weighted by molar-refractivity contribution is 0.820. The van der Waals surface area contributed by atoms with Gasteiger partial charge in [-0.25, -0.2) is 4.98 Å². The van der Waals surface area contributed by atoms with Crippen LogP contribution in [0.4, 0.5) is 5.13 Å². The first-order valence-corrected chi connectivity index (χ1v) is 5.81. The standard InChI is InChI=1S/C11H13N3OS/c1-7-4-5-8(10(15)14(7)3)9-6-16-11(12-2)13-9/h4-6H,1-3H3,(H,12,13). The molecule has 2 aromatic rings. The summed E-state index contributed by atoms with van der Waals surface area (Å²) < 4.78 is 1.63. The van der Waals surface area contributed by atoms with Crippen molar-refractivity contribution in [3.05, 3.63) is 33.6 Å². The molecule has 0 amide bonds. The molecule has 0 aliphatic heterocycles. The minimum atomic E-state index is -0.00652. The number of hydrogen-bond donors (Lipinski definition) is 1. The van der Waals surface area contributed by atoms with Crippen molar-refractivity contribution in [3.63, 3.8) is 0 Å².